The molecule has 0 aromatic heterocycles. The highest BCUT2D eigenvalue weighted by Crippen LogP contribution is 2.40. The Kier molecular flexibility index (Phi) is 4.41. The van der Waals surface area contributed by atoms with Crippen LogP contribution in [0.25, 0.3) is 0 Å². The highest BCUT2D eigenvalue weighted by Gasteiger charge is 2.41. The fraction of sp³-hybridized carbons (Fsp3) is 0.667. The van der Waals surface area contributed by atoms with E-state index in [4.69, 9.17) is 0 Å². The summed E-state index contributed by atoms with van der Waals surface area (Å²) in [6, 6.07) is 8.14. The Bertz CT molecular complexity index is 673. The zero-order valence-electron chi connectivity index (χ0n) is 13.8. The number of aliphatic hydroxyl groups excluding tert-OH is 1. The molecular formula is C18H26N2O3S. The molecule has 2 fully saturated rings. The van der Waals surface area contributed by atoms with Crippen molar-refractivity contribution in [1.29, 1.82) is 0 Å². The van der Waals surface area contributed by atoms with E-state index < -0.39 is 16.3 Å². The third kappa shape index (κ3) is 3.25. The van der Waals surface area contributed by atoms with Crippen molar-refractivity contribution < 1.29 is 13.5 Å². The van der Waals surface area contributed by atoms with Crippen molar-refractivity contribution in [3.05, 3.63) is 35.4 Å². The molecule has 0 spiro atoms. The Morgan fingerprint density at radius 3 is 2.08 bits per heavy atom. The fourth-order valence-corrected chi connectivity index (χ4v) is 6.32. The number of nitrogens with one attached hydrogen (secondary N) is 2. The highest BCUT2D eigenvalue weighted by atomic mass is 32.2. The van der Waals surface area contributed by atoms with Crippen LogP contribution in [0.4, 0.5) is 0 Å². The predicted molar refractivity (Wildman–Crippen MR) is 92.7 cm³/mol. The van der Waals surface area contributed by atoms with Gasteiger partial charge in [-0.05, 0) is 67.9 Å². The van der Waals surface area contributed by atoms with E-state index >= 15 is 0 Å². The van der Waals surface area contributed by atoms with Crippen LogP contribution in [0.1, 0.15) is 43.2 Å². The van der Waals surface area contributed by atoms with Crippen molar-refractivity contribution in [1.82, 2.24) is 9.44 Å². The van der Waals surface area contributed by atoms with Gasteiger partial charge < -0.3 is 5.11 Å². The third-order valence-corrected chi connectivity index (χ3v) is 7.28. The standard InChI is InChI=1S/C18H26N2O3S/c21-17-7-3-6-16(17)19-24(22,23)20-18-14-8-9-15(18)11-13-5-2-1-4-12(13)10-14/h1-2,4-5,14-21H,3,6-11H2. The Morgan fingerprint density at radius 2 is 1.54 bits per heavy atom. The van der Waals surface area contributed by atoms with Crippen molar-refractivity contribution >= 4 is 10.2 Å². The summed E-state index contributed by atoms with van der Waals surface area (Å²) in [7, 11) is -3.59. The predicted octanol–water partition coefficient (Wildman–Crippen LogP) is 1.52. The van der Waals surface area contributed by atoms with Crippen LogP contribution in [0.2, 0.25) is 0 Å². The maximum atomic E-state index is 12.6. The molecule has 3 aliphatic rings. The second-order valence-electron chi connectivity index (χ2n) is 7.64. The van der Waals surface area contributed by atoms with Crippen LogP contribution in [0.15, 0.2) is 24.3 Å². The Morgan fingerprint density at radius 1 is 0.917 bits per heavy atom. The van der Waals surface area contributed by atoms with Gasteiger partial charge in [0.2, 0.25) is 0 Å². The van der Waals surface area contributed by atoms with Gasteiger partial charge in [0.15, 0.2) is 0 Å². The molecule has 2 bridgehead atoms. The van der Waals surface area contributed by atoms with Gasteiger partial charge in [0, 0.05) is 12.1 Å². The summed E-state index contributed by atoms with van der Waals surface area (Å²) in [4.78, 5) is 0. The molecule has 3 N–H and O–H groups in total. The second kappa shape index (κ2) is 6.41. The number of benzene rings is 1. The van der Waals surface area contributed by atoms with E-state index in [1.54, 1.807) is 0 Å². The second-order valence-corrected chi connectivity index (χ2v) is 9.12. The molecule has 4 unspecified atom stereocenters. The van der Waals surface area contributed by atoms with Crippen LogP contribution >= 0.6 is 0 Å². The monoisotopic (exact) mass is 350 g/mol. The smallest absolute Gasteiger partial charge is 0.277 e. The van der Waals surface area contributed by atoms with Gasteiger partial charge in [0.05, 0.1) is 6.10 Å². The van der Waals surface area contributed by atoms with Crippen LogP contribution < -0.4 is 9.44 Å². The number of fused-ring (bicyclic) bond motifs is 3. The van der Waals surface area contributed by atoms with Crippen molar-refractivity contribution in [2.45, 2.75) is 63.1 Å². The van der Waals surface area contributed by atoms with Crippen LogP contribution in [0.3, 0.4) is 0 Å². The minimum absolute atomic E-state index is 0.00607. The van der Waals surface area contributed by atoms with Gasteiger partial charge in [0.1, 0.15) is 0 Å². The van der Waals surface area contributed by atoms with Crippen molar-refractivity contribution in [2.75, 3.05) is 0 Å². The van der Waals surface area contributed by atoms with Crippen LogP contribution in [-0.4, -0.2) is 31.7 Å². The zero-order chi connectivity index (χ0) is 16.7. The van der Waals surface area contributed by atoms with Crippen molar-refractivity contribution in [2.24, 2.45) is 11.8 Å². The minimum Gasteiger partial charge on any atom is -0.391 e. The van der Waals surface area contributed by atoms with Crippen LogP contribution in [-0.2, 0) is 23.1 Å². The van der Waals surface area contributed by atoms with E-state index in [0.717, 1.165) is 32.1 Å². The molecule has 1 aromatic carbocycles. The van der Waals surface area contributed by atoms with E-state index in [9.17, 15) is 13.5 Å². The minimum atomic E-state index is -3.59. The molecule has 1 aromatic rings. The van der Waals surface area contributed by atoms with Crippen molar-refractivity contribution in [3.8, 4) is 0 Å². The van der Waals surface area contributed by atoms with Gasteiger partial charge in [-0.2, -0.15) is 17.9 Å². The molecule has 24 heavy (non-hydrogen) atoms. The molecule has 4 rings (SSSR count). The normalized spacial score (nSPS) is 35.6. The average Bonchev–Trinajstić information content (AvgIpc) is 3.02. The van der Waals surface area contributed by atoms with E-state index in [-0.39, 0.29) is 12.1 Å². The molecule has 2 saturated carbocycles. The number of hydrogen-bond donors (Lipinski definition) is 3. The van der Waals surface area contributed by atoms with Gasteiger partial charge in [-0.3, -0.25) is 0 Å². The molecule has 0 heterocycles. The zero-order valence-corrected chi connectivity index (χ0v) is 14.6. The van der Waals surface area contributed by atoms with E-state index in [2.05, 4.69) is 33.7 Å². The summed E-state index contributed by atoms with van der Waals surface area (Å²) >= 11 is 0. The summed E-state index contributed by atoms with van der Waals surface area (Å²) in [5.74, 6) is 0.729. The molecule has 0 amide bonds. The lowest BCUT2D eigenvalue weighted by atomic mass is 9.94. The van der Waals surface area contributed by atoms with Crippen LogP contribution in [0.5, 0.6) is 0 Å². The fourth-order valence-electron chi connectivity index (χ4n) is 4.83. The topological polar surface area (TPSA) is 78.4 Å². The van der Waals surface area contributed by atoms with E-state index in [1.807, 2.05) is 0 Å². The molecule has 0 radical (unpaired) electrons. The average molecular weight is 350 g/mol. The maximum Gasteiger partial charge on any atom is 0.277 e. The Labute approximate surface area is 144 Å². The summed E-state index contributed by atoms with van der Waals surface area (Å²) in [6.07, 6.45) is 5.77. The lowest BCUT2D eigenvalue weighted by Crippen LogP contribution is -2.51. The van der Waals surface area contributed by atoms with E-state index in [1.165, 1.54) is 11.1 Å². The third-order valence-electron chi connectivity index (χ3n) is 6.08. The Hall–Kier alpha value is -0.950. The molecule has 6 heteroatoms. The lowest BCUT2D eigenvalue weighted by molar-refractivity contribution is 0.158. The quantitative estimate of drug-likeness (QED) is 0.770. The summed E-state index contributed by atoms with van der Waals surface area (Å²) < 4.78 is 30.7. The first-order valence-corrected chi connectivity index (χ1v) is 10.5. The number of aliphatic hydroxyl groups is 1. The van der Waals surface area contributed by atoms with Gasteiger partial charge in [0.25, 0.3) is 10.2 Å². The Balaban J connectivity index is 1.49. The molecule has 4 atom stereocenters. The summed E-state index contributed by atoms with van der Waals surface area (Å²) in [5, 5.41) is 9.88. The largest absolute Gasteiger partial charge is 0.391 e. The first-order chi connectivity index (χ1) is 11.5. The highest BCUT2D eigenvalue weighted by molar-refractivity contribution is 7.87. The number of hydrogen-bond acceptors (Lipinski definition) is 3. The summed E-state index contributed by atoms with van der Waals surface area (Å²) in [5.41, 5.74) is 2.74. The lowest BCUT2D eigenvalue weighted by Gasteiger charge is -2.25. The van der Waals surface area contributed by atoms with Crippen molar-refractivity contribution in [3.63, 3.8) is 0 Å². The molecular weight excluding hydrogens is 324 g/mol. The first kappa shape index (κ1) is 16.5. The molecule has 0 saturated heterocycles. The first-order valence-electron chi connectivity index (χ1n) is 9.06. The van der Waals surface area contributed by atoms with Crippen LogP contribution in [0, 0.1) is 11.8 Å². The van der Waals surface area contributed by atoms with Gasteiger partial charge in [-0.1, -0.05) is 24.3 Å². The molecule has 0 aliphatic heterocycles. The molecule has 3 aliphatic carbocycles. The molecule has 132 valence electrons. The SMILES string of the molecule is O=S(=O)(NC1CCCC1O)NC1C2CCC1Cc1ccccc1C2. The summed E-state index contributed by atoms with van der Waals surface area (Å²) in [6.45, 7) is 0. The maximum absolute atomic E-state index is 12.6. The van der Waals surface area contributed by atoms with Gasteiger partial charge >= 0.3 is 0 Å². The van der Waals surface area contributed by atoms with E-state index in [0.29, 0.717) is 24.7 Å². The van der Waals surface area contributed by atoms with Gasteiger partial charge in [-0.25, -0.2) is 0 Å². The molecule has 5 nitrogen and oxygen atoms in total. The van der Waals surface area contributed by atoms with Gasteiger partial charge in [-0.15, -0.1) is 0 Å². The number of rotatable bonds is 4.